The van der Waals surface area contributed by atoms with Gasteiger partial charge >= 0.3 is 0 Å². The molecule has 2 rings (SSSR count). The molecule has 0 aromatic carbocycles. The van der Waals surface area contributed by atoms with E-state index in [-0.39, 0.29) is 0 Å². The predicted molar refractivity (Wildman–Crippen MR) is 52.8 cm³/mol. The summed E-state index contributed by atoms with van der Waals surface area (Å²) in [4.78, 5) is 16.7. The molecular formula is C10H15N3O. The number of imidazole rings is 1. The van der Waals surface area contributed by atoms with Gasteiger partial charge in [-0.15, -0.1) is 0 Å². The molecule has 0 N–H and O–H groups in total. The molecule has 1 aromatic rings. The number of nitrogens with zero attached hydrogens (tertiary/aromatic N) is 3. The van der Waals surface area contributed by atoms with Crippen LogP contribution in [-0.4, -0.2) is 27.4 Å². The Kier molecular flexibility index (Phi) is 2.27. The van der Waals surface area contributed by atoms with Crippen LogP contribution in [0, 0.1) is 0 Å². The van der Waals surface area contributed by atoms with Gasteiger partial charge in [-0.1, -0.05) is 0 Å². The molecule has 0 saturated heterocycles. The Morgan fingerprint density at radius 1 is 1.57 bits per heavy atom. The third kappa shape index (κ3) is 1.41. The zero-order valence-corrected chi connectivity index (χ0v) is 8.60. The van der Waals surface area contributed by atoms with E-state index in [4.69, 9.17) is 0 Å². The third-order valence-corrected chi connectivity index (χ3v) is 2.68. The maximum atomic E-state index is 10.6. The summed E-state index contributed by atoms with van der Waals surface area (Å²) in [7, 11) is 0. The average molecular weight is 193 g/mol. The SMILES string of the molecule is CC(C)n1cnc2c1CCN(C=O)C2. The highest BCUT2D eigenvalue weighted by Gasteiger charge is 2.20. The summed E-state index contributed by atoms with van der Waals surface area (Å²) in [6.45, 7) is 5.77. The van der Waals surface area contributed by atoms with Crippen LogP contribution < -0.4 is 0 Å². The minimum absolute atomic E-state index is 0.453. The fraction of sp³-hybridized carbons (Fsp3) is 0.600. The molecule has 2 heterocycles. The lowest BCUT2D eigenvalue weighted by molar-refractivity contribution is -0.119. The summed E-state index contributed by atoms with van der Waals surface area (Å²) in [6.07, 6.45) is 3.70. The smallest absolute Gasteiger partial charge is 0.210 e. The van der Waals surface area contributed by atoms with Gasteiger partial charge in [0.25, 0.3) is 0 Å². The maximum Gasteiger partial charge on any atom is 0.210 e. The Morgan fingerprint density at radius 3 is 3.00 bits per heavy atom. The summed E-state index contributed by atoms with van der Waals surface area (Å²) in [5, 5.41) is 0. The lowest BCUT2D eigenvalue weighted by atomic mass is 10.1. The van der Waals surface area contributed by atoms with Crippen molar-refractivity contribution in [3.63, 3.8) is 0 Å². The molecule has 0 aliphatic carbocycles. The highest BCUT2D eigenvalue weighted by atomic mass is 16.1. The minimum atomic E-state index is 0.453. The second-order valence-corrected chi connectivity index (χ2v) is 3.96. The van der Waals surface area contributed by atoms with Gasteiger partial charge in [-0.2, -0.15) is 0 Å². The molecule has 0 spiro atoms. The van der Waals surface area contributed by atoms with E-state index in [1.807, 2.05) is 6.33 Å². The van der Waals surface area contributed by atoms with E-state index in [2.05, 4.69) is 23.4 Å². The highest BCUT2D eigenvalue weighted by Crippen LogP contribution is 2.19. The number of carbonyl (C=O) groups is 1. The molecule has 4 nitrogen and oxygen atoms in total. The van der Waals surface area contributed by atoms with Crippen molar-refractivity contribution >= 4 is 6.41 Å². The first-order chi connectivity index (χ1) is 6.72. The molecule has 1 aliphatic rings. The van der Waals surface area contributed by atoms with E-state index < -0.39 is 0 Å². The van der Waals surface area contributed by atoms with Crippen LogP contribution in [0.15, 0.2) is 6.33 Å². The van der Waals surface area contributed by atoms with Gasteiger partial charge in [0.15, 0.2) is 0 Å². The lowest BCUT2D eigenvalue weighted by Gasteiger charge is -2.24. The number of fused-ring (bicyclic) bond motifs is 1. The fourth-order valence-electron chi connectivity index (χ4n) is 1.89. The minimum Gasteiger partial charge on any atom is -0.339 e. The van der Waals surface area contributed by atoms with Crippen LogP contribution in [0.25, 0.3) is 0 Å². The van der Waals surface area contributed by atoms with Crippen molar-refractivity contribution in [1.29, 1.82) is 0 Å². The van der Waals surface area contributed by atoms with E-state index in [1.165, 1.54) is 5.69 Å². The number of rotatable bonds is 2. The zero-order chi connectivity index (χ0) is 10.1. The van der Waals surface area contributed by atoms with Gasteiger partial charge in [-0.05, 0) is 13.8 Å². The Morgan fingerprint density at radius 2 is 2.36 bits per heavy atom. The quantitative estimate of drug-likeness (QED) is 0.657. The normalized spacial score (nSPS) is 15.8. The molecule has 1 aromatic heterocycles. The Labute approximate surface area is 83.5 Å². The van der Waals surface area contributed by atoms with Gasteiger partial charge in [0.1, 0.15) is 0 Å². The van der Waals surface area contributed by atoms with E-state index in [0.717, 1.165) is 25.1 Å². The standard InChI is InChI=1S/C10H15N3O/c1-8(2)13-6-11-9-5-12(7-14)4-3-10(9)13/h6-8H,3-5H2,1-2H3. The highest BCUT2D eigenvalue weighted by molar-refractivity contribution is 5.48. The van der Waals surface area contributed by atoms with E-state index in [0.29, 0.717) is 12.6 Å². The van der Waals surface area contributed by atoms with Crippen LogP contribution in [0.3, 0.4) is 0 Å². The van der Waals surface area contributed by atoms with Crippen molar-refractivity contribution in [2.45, 2.75) is 32.9 Å². The van der Waals surface area contributed by atoms with E-state index in [9.17, 15) is 4.79 Å². The molecule has 0 fully saturated rings. The second kappa shape index (κ2) is 3.44. The van der Waals surface area contributed by atoms with Crippen LogP contribution in [0.2, 0.25) is 0 Å². The third-order valence-electron chi connectivity index (χ3n) is 2.68. The van der Waals surface area contributed by atoms with E-state index in [1.54, 1.807) is 4.90 Å². The molecule has 76 valence electrons. The van der Waals surface area contributed by atoms with Crippen LogP contribution in [0.1, 0.15) is 31.3 Å². The number of hydrogen-bond acceptors (Lipinski definition) is 2. The van der Waals surface area contributed by atoms with Gasteiger partial charge in [-0.25, -0.2) is 4.98 Å². The second-order valence-electron chi connectivity index (χ2n) is 3.96. The maximum absolute atomic E-state index is 10.6. The molecule has 4 heteroatoms. The Hall–Kier alpha value is -1.32. The monoisotopic (exact) mass is 193 g/mol. The topological polar surface area (TPSA) is 38.1 Å². The largest absolute Gasteiger partial charge is 0.339 e. The molecule has 1 amide bonds. The first-order valence-electron chi connectivity index (χ1n) is 4.96. The van der Waals surface area contributed by atoms with Crippen molar-refractivity contribution in [1.82, 2.24) is 14.5 Å². The summed E-state index contributed by atoms with van der Waals surface area (Å²) >= 11 is 0. The molecule has 0 saturated carbocycles. The molecule has 14 heavy (non-hydrogen) atoms. The summed E-state index contributed by atoms with van der Waals surface area (Å²) in [6, 6.07) is 0.453. The molecule has 0 bridgehead atoms. The Balaban J connectivity index is 2.29. The van der Waals surface area contributed by atoms with Crippen LogP contribution >= 0.6 is 0 Å². The van der Waals surface area contributed by atoms with Gasteiger partial charge in [0.2, 0.25) is 6.41 Å². The predicted octanol–water partition coefficient (Wildman–Crippen LogP) is 0.979. The van der Waals surface area contributed by atoms with Crippen molar-refractivity contribution in [2.75, 3.05) is 6.54 Å². The summed E-state index contributed by atoms with van der Waals surface area (Å²) in [5.74, 6) is 0. The number of aromatic nitrogens is 2. The first kappa shape index (κ1) is 9.24. The van der Waals surface area contributed by atoms with Crippen LogP contribution in [-0.2, 0) is 17.8 Å². The van der Waals surface area contributed by atoms with Gasteiger partial charge in [0.05, 0.1) is 18.6 Å². The first-order valence-corrected chi connectivity index (χ1v) is 4.96. The van der Waals surface area contributed by atoms with Crippen LogP contribution in [0.5, 0.6) is 0 Å². The van der Waals surface area contributed by atoms with Crippen LogP contribution in [0.4, 0.5) is 0 Å². The van der Waals surface area contributed by atoms with Gasteiger partial charge < -0.3 is 9.47 Å². The summed E-state index contributed by atoms with van der Waals surface area (Å²) < 4.78 is 2.19. The number of amides is 1. The molecular weight excluding hydrogens is 178 g/mol. The number of hydrogen-bond donors (Lipinski definition) is 0. The fourth-order valence-corrected chi connectivity index (χ4v) is 1.89. The Bertz CT molecular complexity index is 343. The van der Waals surface area contributed by atoms with E-state index >= 15 is 0 Å². The van der Waals surface area contributed by atoms with Crippen molar-refractivity contribution in [2.24, 2.45) is 0 Å². The lowest BCUT2D eigenvalue weighted by Crippen LogP contribution is -2.30. The zero-order valence-electron chi connectivity index (χ0n) is 8.60. The van der Waals surface area contributed by atoms with Gasteiger partial charge in [-0.3, -0.25) is 4.79 Å². The summed E-state index contributed by atoms with van der Waals surface area (Å²) in [5.41, 5.74) is 2.34. The van der Waals surface area contributed by atoms with Crippen molar-refractivity contribution in [3.05, 3.63) is 17.7 Å². The average Bonchev–Trinajstić information content (AvgIpc) is 2.59. The number of carbonyl (C=O) groups excluding carboxylic acids is 1. The molecule has 0 radical (unpaired) electrons. The van der Waals surface area contributed by atoms with Gasteiger partial charge in [0, 0.05) is 24.7 Å². The van der Waals surface area contributed by atoms with Crippen molar-refractivity contribution < 1.29 is 4.79 Å². The molecule has 1 aliphatic heterocycles. The molecule has 0 unspecified atom stereocenters. The molecule has 0 atom stereocenters. The van der Waals surface area contributed by atoms with Crippen molar-refractivity contribution in [3.8, 4) is 0 Å².